The van der Waals surface area contributed by atoms with Crippen molar-refractivity contribution in [2.24, 2.45) is 0 Å². The van der Waals surface area contributed by atoms with Crippen LogP contribution in [0.4, 0.5) is 0 Å². The number of benzene rings is 2. The first kappa shape index (κ1) is 32.5. The predicted molar refractivity (Wildman–Crippen MR) is 171 cm³/mol. The summed E-state index contributed by atoms with van der Waals surface area (Å²) in [5.74, 6) is -0.442. The van der Waals surface area contributed by atoms with E-state index in [2.05, 4.69) is 20.6 Å². The number of nitrogens with zero attached hydrogens (tertiary/aromatic N) is 5. The van der Waals surface area contributed by atoms with Gasteiger partial charge < -0.3 is 15.2 Å². The third-order valence-corrected chi connectivity index (χ3v) is 10.2. The summed E-state index contributed by atoms with van der Waals surface area (Å²) in [6, 6.07) is 13.1. The number of carbonyl (C=O) groups is 1. The lowest BCUT2D eigenvalue weighted by atomic mass is 9.84. The van der Waals surface area contributed by atoms with E-state index < -0.39 is 15.6 Å². The zero-order valence-corrected chi connectivity index (χ0v) is 27.6. The third-order valence-electron chi connectivity index (χ3n) is 8.38. The SMILES string of the molecule is CC[C@@H]1CN(Cc2cc([C@H](CC(=O)NCC(C)(C)O)c3ccc4c(nnn4CC)c3C)ccc2C)S(=O)(=O)c2cccnc2O1. The van der Waals surface area contributed by atoms with Gasteiger partial charge in [0.2, 0.25) is 21.8 Å². The number of rotatable bonds is 10. The average molecular weight is 635 g/mol. The summed E-state index contributed by atoms with van der Waals surface area (Å²) in [7, 11) is -3.89. The number of carbonyl (C=O) groups excluding carboxylic acids is 1. The largest absolute Gasteiger partial charge is 0.472 e. The molecule has 12 heteroatoms. The fourth-order valence-corrected chi connectivity index (χ4v) is 7.25. The van der Waals surface area contributed by atoms with Gasteiger partial charge in [0.25, 0.3) is 0 Å². The average Bonchev–Trinajstić information content (AvgIpc) is 3.39. The van der Waals surface area contributed by atoms with E-state index in [1.165, 1.54) is 16.6 Å². The van der Waals surface area contributed by atoms with Crippen LogP contribution in [0.5, 0.6) is 5.88 Å². The highest BCUT2D eigenvalue weighted by Crippen LogP contribution is 2.36. The summed E-state index contributed by atoms with van der Waals surface area (Å²) in [4.78, 5) is 17.5. The Morgan fingerprint density at radius 2 is 1.96 bits per heavy atom. The molecule has 4 aromatic rings. The molecular formula is C33H42N6O5S. The lowest BCUT2D eigenvalue weighted by molar-refractivity contribution is -0.122. The Bertz CT molecular complexity index is 1810. The molecule has 2 atom stereocenters. The fraction of sp³-hybridized carbons (Fsp3) is 0.455. The highest BCUT2D eigenvalue weighted by Gasteiger charge is 2.35. The summed E-state index contributed by atoms with van der Waals surface area (Å²) in [5.41, 5.74) is 5.13. The summed E-state index contributed by atoms with van der Waals surface area (Å²) < 4.78 is 37.0. The number of amides is 1. The Hall–Kier alpha value is -3.87. The molecule has 240 valence electrons. The highest BCUT2D eigenvalue weighted by atomic mass is 32.2. The Kier molecular flexibility index (Phi) is 9.29. The molecule has 5 rings (SSSR count). The molecule has 1 amide bonds. The molecule has 1 aliphatic heterocycles. The summed E-state index contributed by atoms with van der Waals surface area (Å²) in [5, 5.41) is 21.8. The quantitative estimate of drug-likeness (QED) is 0.264. The third kappa shape index (κ3) is 6.87. The minimum Gasteiger partial charge on any atom is -0.472 e. The van der Waals surface area contributed by atoms with Gasteiger partial charge in [-0.05, 0) is 87.1 Å². The first-order valence-electron chi connectivity index (χ1n) is 15.3. The maximum Gasteiger partial charge on any atom is 0.248 e. The second-order valence-corrected chi connectivity index (χ2v) is 14.2. The Morgan fingerprint density at radius 1 is 1.18 bits per heavy atom. The number of aliphatic hydroxyl groups is 1. The van der Waals surface area contributed by atoms with Crippen LogP contribution in [-0.4, -0.2) is 68.5 Å². The molecule has 2 N–H and O–H groups in total. The highest BCUT2D eigenvalue weighted by molar-refractivity contribution is 7.89. The van der Waals surface area contributed by atoms with Crippen molar-refractivity contribution < 1.29 is 23.1 Å². The number of aromatic nitrogens is 4. The number of ether oxygens (including phenoxy) is 1. The van der Waals surface area contributed by atoms with Crippen molar-refractivity contribution >= 4 is 27.0 Å². The molecule has 0 spiro atoms. The first-order valence-corrected chi connectivity index (χ1v) is 16.8. The van der Waals surface area contributed by atoms with Gasteiger partial charge in [0.1, 0.15) is 16.5 Å². The predicted octanol–water partition coefficient (Wildman–Crippen LogP) is 4.23. The van der Waals surface area contributed by atoms with Gasteiger partial charge in [0.15, 0.2) is 0 Å². The Balaban J connectivity index is 1.55. The lowest BCUT2D eigenvalue weighted by Crippen LogP contribution is -2.38. The maximum absolute atomic E-state index is 13.9. The fourth-order valence-electron chi connectivity index (χ4n) is 5.72. The Labute approximate surface area is 264 Å². The molecule has 0 unspecified atom stereocenters. The van der Waals surface area contributed by atoms with Crippen LogP contribution in [0.15, 0.2) is 53.6 Å². The topological polar surface area (TPSA) is 140 Å². The molecule has 2 aromatic heterocycles. The van der Waals surface area contributed by atoms with Gasteiger partial charge in [-0.25, -0.2) is 18.1 Å². The molecule has 0 bridgehead atoms. The van der Waals surface area contributed by atoms with Crippen LogP contribution in [0.2, 0.25) is 0 Å². The van der Waals surface area contributed by atoms with Crippen molar-refractivity contribution in [1.29, 1.82) is 0 Å². The van der Waals surface area contributed by atoms with E-state index >= 15 is 0 Å². The van der Waals surface area contributed by atoms with Gasteiger partial charge in [-0.3, -0.25) is 4.79 Å². The number of hydrogen-bond donors (Lipinski definition) is 2. The normalized spacial score (nSPS) is 17.4. The summed E-state index contributed by atoms with van der Waals surface area (Å²) in [6.07, 6.45) is 1.93. The number of hydrogen-bond acceptors (Lipinski definition) is 8. The maximum atomic E-state index is 13.9. The van der Waals surface area contributed by atoms with Gasteiger partial charge >= 0.3 is 0 Å². The van der Waals surface area contributed by atoms with Crippen molar-refractivity contribution in [3.05, 3.63) is 76.5 Å². The number of nitrogens with one attached hydrogen (secondary N) is 1. The zero-order valence-electron chi connectivity index (χ0n) is 26.7. The van der Waals surface area contributed by atoms with Crippen molar-refractivity contribution in [3.8, 4) is 5.88 Å². The van der Waals surface area contributed by atoms with Gasteiger partial charge in [-0.1, -0.05) is 36.4 Å². The minimum atomic E-state index is -3.89. The number of sulfonamides is 1. The van der Waals surface area contributed by atoms with Crippen LogP contribution in [0.1, 0.15) is 74.3 Å². The molecule has 45 heavy (non-hydrogen) atoms. The van der Waals surface area contributed by atoms with Crippen LogP contribution in [0, 0.1) is 13.8 Å². The number of pyridine rings is 1. The number of aryl methyl sites for hydroxylation is 3. The van der Waals surface area contributed by atoms with Crippen LogP contribution >= 0.6 is 0 Å². The van der Waals surface area contributed by atoms with Crippen molar-refractivity contribution in [2.45, 2.75) is 90.0 Å². The molecule has 1 aliphatic rings. The monoisotopic (exact) mass is 634 g/mol. The minimum absolute atomic E-state index is 0.0557. The van der Waals surface area contributed by atoms with Gasteiger partial charge in [-0.2, -0.15) is 4.31 Å². The van der Waals surface area contributed by atoms with E-state index in [9.17, 15) is 18.3 Å². The van der Waals surface area contributed by atoms with Crippen molar-refractivity contribution in [1.82, 2.24) is 29.6 Å². The molecule has 2 aromatic carbocycles. The summed E-state index contributed by atoms with van der Waals surface area (Å²) >= 11 is 0. The van der Waals surface area contributed by atoms with E-state index in [1.807, 2.05) is 62.7 Å². The van der Waals surface area contributed by atoms with E-state index in [-0.39, 0.29) is 54.8 Å². The van der Waals surface area contributed by atoms with Gasteiger partial charge in [0.05, 0.1) is 17.7 Å². The van der Waals surface area contributed by atoms with Gasteiger partial charge in [0, 0.05) is 38.2 Å². The van der Waals surface area contributed by atoms with Crippen LogP contribution in [0.25, 0.3) is 11.0 Å². The van der Waals surface area contributed by atoms with Crippen LogP contribution < -0.4 is 10.1 Å². The van der Waals surface area contributed by atoms with Crippen LogP contribution in [-0.2, 0) is 27.9 Å². The van der Waals surface area contributed by atoms with E-state index in [0.717, 1.165) is 38.9 Å². The number of fused-ring (bicyclic) bond motifs is 2. The molecule has 0 fully saturated rings. The Morgan fingerprint density at radius 3 is 2.67 bits per heavy atom. The van der Waals surface area contributed by atoms with E-state index in [0.29, 0.717) is 13.0 Å². The van der Waals surface area contributed by atoms with E-state index in [1.54, 1.807) is 19.9 Å². The second kappa shape index (κ2) is 12.9. The van der Waals surface area contributed by atoms with Crippen molar-refractivity contribution in [2.75, 3.05) is 13.1 Å². The second-order valence-electron chi connectivity index (χ2n) is 12.3. The van der Waals surface area contributed by atoms with Gasteiger partial charge in [-0.15, -0.1) is 5.10 Å². The van der Waals surface area contributed by atoms with Crippen molar-refractivity contribution in [3.63, 3.8) is 0 Å². The lowest BCUT2D eigenvalue weighted by Gasteiger charge is -2.25. The smallest absolute Gasteiger partial charge is 0.248 e. The first-order chi connectivity index (χ1) is 21.3. The summed E-state index contributed by atoms with van der Waals surface area (Å²) in [6.45, 7) is 12.3. The molecule has 3 heterocycles. The van der Waals surface area contributed by atoms with E-state index in [4.69, 9.17) is 4.74 Å². The molecule has 0 saturated carbocycles. The molecular weight excluding hydrogens is 592 g/mol. The molecule has 0 radical (unpaired) electrons. The zero-order chi connectivity index (χ0) is 32.5. The molecule has 11 nitrogen and oxygen atoms in total. The van der Waals surface area contributed by atoms with Crippen LogP contribution in [0.3, 0.4) is 0 Å². The molecule has 0 saturated heterocycles. The molecule has 0 aliphatic carbocycles. The standard InChI is InChI=1S/C33H42N6O5S/c1-7-25-19-38(45(42,43)29-10-9-15-34-32(29)44-25)18-24-16-23(12-11-21(24)3)27(17-30(40)35-20-33(5,6)41)26-13-14-28-31(22(26)4)36-37-39(28)8-2/h9-16,25,27,41H,7-8,17-20H2,1-6H3,(H,35,40)/t25-,27+/m1/s1.